The molecule has 1 aliphatic rings. The second-order valence-corrected chi connectivity index (χ2v) is 9.34. The van der Waals surface area contributed by atoms with Crippen LogP contribution < -0.4 is 0 Å². The maximum absolute atomic E-state index is 13.1. The molecule has 7 heteroatoms. The number of piperidine rings is 1. The summed E-state index contributed by atoms with van der Waals surface area (Å²) >= 11 is 0. The zero-order valence-corrected chi connectivity index (χ0v) is 19.4. The van der Waals surface area contributed by atoms with Crippen LogP contribution in [0.4, 0.5) is 4.39 Å². The second-order valence-electron chi connectivity index (χ2n) is 9.34. The van der Waals surface area contributed by atoms with Gasteiger partial charge in [0.25, 0.3) is 11.8 Å². The lowest BCUT2D eigenvalue weighted by atomic mass is 9.97. The molecule has 176 valence electrons. The first kappa shape index (κ1) is 24.4. The Hall–Kier alpha value is -3.22. The number of hydrogen-bond donors (Lipinski definition) is 0. The van der Waals surface area contributed by atoms with E-state index in [1.165, 1.54) is 24.3 Å². The summed E-state index contributed by atoms with van der Waals surface area (Å²) in [6.45, 7) is 6.64. The molecule has 2 amide bonds. The van der Waals surface area contributed by atoms with Crippen LogP contribution in [0.2, 0.25) is 0 Å². The molecule has 6 nitrogen and oxygen atoms in total. The van der Waals surface area contributed by atoms with Gasteiger partial charge in [-0.2, -0.15) is 0 Å². The highest BCUT2D eigenvalue weighted by atomic mass is 19.1. The van der Waals surface area contributed by atoms with Crippen molar-refractivity contribution < 1.29 is 23.5 Å². The van der Waals surface area contributed by atoms with Crippen molar-refractivity contribution in [1.82, 2.24) is 9.80 Å². The molecule has 1 aliphatic heterocycles. The summed E-state index contributed by atoms with van der Waals surface area (Å²) < 4.78 is 18.5. The van der Waals surface area contributed by atoms with Crippen LogP contribution in [0.3, 0.4) is 0 Å². The minimum atomic E-state index is -0.492. The van der Waals surface area contributed by atoms with Gasteiger partial charge in [0, 0.05) is 30.7 Å². The average molecular weight is 455 g/mol. The minimum Gasteiger partial charge on any atom is -0.455 e. The Morgan fingerprint density at radius 3 is 2.36 bits per heavy atom. The Balaban J connectivity index is 1.57. The lowest BCUT2D eigenvalue weighted by Crippen LogP contribution is -2.47. The Labute approximate surface area is 194 Å². The molecule has 2 aromatic carbocycles. The summed E-state index contributed by atoms with van der Waals surface area (Å²) in [6.07, 6.45) is 1.25. The number of carbonyl (C=O) groups excluding carboxylic acids is 3. The van der Waals surface area contributed by atoms with Gasteiger partial charge in [0.2, 0.25) is 0 Å². The van der Waals surface area contributed by atoms with Gasteiger partial charge in [0.15, 0.2) is 6.61 Å². The first-order valence-corrected chi connectivity index (χ1v) is 11.2. The highest BCUT2D eigenvalue weighted by Gasteiger charge is 2.32. The fourth-order valence-corrected chi connectivity index (χ4v) is 3.92. The number of benzene rings is 2. The number of ether oxygens (including phenoxy) is 1. The van der Waals surface area contributed by atoms with Crippen LogP contribution in [-0.2, 0) is 20.9 Å². The number of rotatable bonds is 6. The molecule has 0 saturated carbocycles. The molecule has 0 N–H and O–H groups in total. The Morgan fingerprint density at radius 1 is 1.06 bits per heavy atom. The number of nitrogens with zero attached hydrogens (tertiary/aromatic N) is 2. The molecule has 1 saturated heterocycles. The van der Waals surface area contributed by atoms with E-state index in [2.05, 4.69) is 0 Å². The number of likely N-dealkylation sites (tertiary alicyclic amines) is 1. The van der Waals surface area contributed by atoms with Gasteiger partial charge in [-0.15, -0.1) is 0 Å². The predicted octanol–water partition coefficient (Wildman–Crippen LogP) is 4.05. The van der Waals surface area contributed by atoms with E-state index in [0.29, 0.717) is 31.5 Å². The van der Waals surface area contributed by atoms with Crippen molar-refractivity contribution in [3.63, 3.8) is 0 Å². The molecule has 1 atom stereocenters. The molecule has 0 spiro atoms. The Bertz CT molecular complexity index is 970. The molecule has 0 radical (unpaired) electrons. The van der Waals surface area contributed by atoms with E-state index >= 15 is 0 Å². The van der Waals surface area contributed by atoms with Crippen LogP contribution >= 0.6 is 0 Å². The van der Waals surface area contributed by atoms with Crippen LogP contribution in [0.5, 0.6) is 0 Å². The quantitative estimate of drug-likeness (QED) is 0.618. The van der Waals surface area contributed by atoms with Crippen LogP contribution in [0, 0.1) is 11.7 Å². The number of esters is 1. The molecule has 0 bridgehead atoms. The fraction of sp³-hybridized carbons (Fsp3) is 0.423. The third kappa shape index (κ3) is 6.63. The smallest absolute Gasteiger partial charge is 0.311 e. The monoisotopic (exact) mass is 454 g/mol. The van der Waals surface area contributed by atoms with Crippen molar-refractivity contribution in [2.24, 2.45) is 5.92 Å². The van der Waals surface area contributed by atoms with Gasteiger partial charge in [-0.25, -0.2) is 4.39 Å². The van der Waals surface area contributed by atoms with E-state index in [1.807, 2.05) is 51.1 Å². The maximum Gasteiger partial charge on any atom is 0.311 e. The summed E-state index contributed by atoms with van der Waals surface area (Å²) in [7, 11) is 0. The summed E-state index contributed by atoms with van der Waals surface area (Å²) in [5, 5.41) is 0. The second kappa shape index (κ2) is 10.6. The van der Waals surface area contributed by atoms with Crippen molar-refractivity contribution in [3.05, 3.63) is 71.5 Å². The third-order valence-electron chi connectivity index (χ3n) is 5.77. The standard InChI is InChI=1S/C26H31FN2O4/c1-26(2,3)29(16-19-8-5-4-6-9-19)23(30)18-33-25(32)21-10-7-15-28(17-21)24(31)20-11-13-22(27)14-12-20/h4-6,8-9,11-14,21H,7,10,15-18H2,1-3H3. The highest BCUT2D eigenvalue weighted by molar-refractivity contribution is 5.94. The minimum absolute atomic E-state index is 0.218. The molecule has 33 heavy (non-hydrogen) atoms. The average Bonchev–Trinajstić information content (AvgIpc) is 2.81. The van der Waals surface area contributed by atoms with Gasteiger partial charge in [-0.05, 0) is 63.4 Å². The molecule has 1 heterocycles. The molecule has 3 rings (SSSR count). The van der Waals surface area contributed by atoms with E-state index in [4.69, 9.17) is 4.74 Å². The molecule has 1 unspecified atom stereocenters. The van der Waals surface area contributed by atoms with Crippen LogP contribution in [-0.4, -0.2) is 52.8 Å². The summed E-state index contributed by atoms with van der Waals surface area (Å²) in [4.78, 5) is 41.6. The molecule has 0 aromatic heterocycles. The van der Waals surface area contributed by atoms with Gasteiger partial charge in [0.1, 0.15) is 5.82 Å². The van der Waals surface area contributed by atoms with Gasteiger partial charge >= 0.3 is 5.97 Å². The van der Waals surface area contributed by atoms with Gasteiger partial charge in [0.05, 0.1) is 5.92 Å². The number of hydrogen-bond acceptors (Lipinski definition) is 4. The van der Waals surface area contributed by atoms with E-state index in [-0.39, 0.29) is 25.0 Å². The van der Waals surface area contributed by atoms with Crippen LogP contribution in [0.25, 0.3) is 0 Å². The van der Waals surface area contributed by atoms with Crippen molar-refractivity contribution >= 4 is 17.8 Å². The third-order valence-corrected chi connectivity index (χ3v) is 5.77. The lowest BCUT2D eigenvalue weighted by molar-refractivity contribution is -0.158. The largest absolute Gasteiger partial charge is 0.455 e. The first-order valence-electron chi connectivity index (χ1n) is 11.2. The molecule has 0 aliphatic carbocycles. The van der Waals surface area contributed by atoms with E-state index in [0.717, 1.165) is 5.56 Å². The predicted molar refractivity (Wildman–Crippen MR) is 123 cm³/mol. The maximum atomic E-state index is 13.1. The van der Waals surface area contributed by atoms with Gasteiger partial charge in [-0.3, -0.25) is 14.4 Å². The van der Waals surface area contributed by atoms with Crippen LogP contribution in [0.15, 0.2) is 54.6 Å². The first-order chi connectivity index (χ1) is 15.6. The van der Waals surface area contributed by atoms with E-state index in [9.17, 15) is 18.8 Å². The van der Waals surface area contributed by atoms with Crippen molar-refractivity contribution in [3.8, 4) is 0 Å². The van der Waals surface area contributed by atoms with E-state index < -0.39 is 23.2 Å². The zero-order valence-electron chi connectivity index (χ0n) is 19.4. The number of carbonyl (C=O) groups is 3. The van der Waals surface area contributed by atoms with E-state index in [1.54, 1.807) is 9.80 Å². The van der Waals surface area contributed by atoms with Crippen LogP contribution in [0.1, 0.15) is 49.5 Å². The molecular formula is C26H31FN2O4. The SMILES string of the molecule is CC(C)(C)N(Cc1ccccc1)C(=O)COC(=O)C1CCCN(C(=O)c2ccc(F)cc2)C1. The van der Waals surface area contributed by atoms with Gasteiger partial charge < -0.3 is 14.5 Å². The number of amides is 2. The summed E-state index contributed by atoms with van der Waals surface area (Å²) in [5.41, 5.74) is 0.930. The normalized spacial score (nSPS) is 16.2. The Kier molecular flexibility index (Phi) is 7.84. The summed E-state index contributed by atoms with van der Waals surface area (Å²) in [6, 6.07) is 15.0. The number of halogens is 1. The fourth-order valence-electron chi connectivity index (χ4n) is 3.92. The van der Waals surface area contributed by atoms with Gasteiger partial charge in [-0.1, -0.05) is 30.3 Å². The molecule has 2 aromatic rings. The van der Waals surface area contributed by atoms with Crippen molar-refractivity contribution in [1.29, 1.82) is 0 Å². The lowest BCUT2D eigenvalue weighted by Gasteiger charge is -2.36. The zero-order chi connectivity index (χ0) is 24.0. The summed E-state index contributed by atoms with van der Waals surface area (Å²) in [5.74, 6) is -1.89. The molecular weight excluding hydrogens is 423 g/mol. The highest BCUT2D eigenvalue weighted by Crippen LogP contribution is 2.21. The van der Waals surface area contributed by atoms with Crippen molar-refractivity contribution in [2.45, 2.75) is 45.7 Å². The Morgan fingerprint density at radius 2 is 1.73 bits per heavy atom. The topological polar surface area (TPSA) is 66.9 Å². The van der Waals surface area contributed by atoms with Crippen molar-refractivity contribution in [2.75, 3.05) is 19.7 Å². The molecule has 1 fully saturated rings.